The summed E-state index contributed by atoms with van der Waals surface area (Å²) in [4.78, 5) is 27.9. The summed E-state index contributed by atoms with van der Waals surface area (Å²) in [5, 5.41) is 6.36. The monoisotopic (exact) mass is 427 g/mol. The lowest BCUT2D eigenvalue weighted by molar-refractivity contribution is -0.138. The van der Waals surface area contributed by atoms with Crippen LogP contribution in [0.1, 0.15) is 49.3 Å². The molecule has 0 aromatic heterocycles. The Morgan fingerprint density at radius 2 is 1.77 bits per heavy atom. The van der Waals surface area contributed by atoms with Crippen molar-refractivity contribution in [1.29, 1.82) is 0 Å². The Labute approximate surface area is 184 Å². The Hall–Kier alpha value is -2.37. The average Bonchev–Trinajstić information content (AvgIpc) is 3.23. The maximum absolute atomic E-state index is 13.2. The first-order valence-corrected chi connectivity index (χ1v) is 10.5. The first kappa shape index (κ1) is 22.3. The van der Waals surface area contributed by atoms with E-state index in [-0.39, 0.29) is 30.3 Å². The van der Waals surface area contributed by atoms with Gasteiger partial charge in [-0.2, -0.15) is 0 Å². The highest BCUT2D eigenvalue weighted by atomic mass is 35.5. The van der Waals surface area contributed by atoms with Gasteiger partial charge in [-0.15, -0.1) is 12.4 Å². The van der Waals surface area contributed by atoms with Crippen LogP contribution in [0.2, 0.25) is 0 Å². The third kappa shape index (κ3) is 4.68. The van der Waals surface area contributed by atoms with E-state index in [0.29, 0.717) is 31.8 Å². The lowest BCUT2D eigenvalue weighted by Crippen LogP contribution is -2.53. The largest absolute Gasteiger partial charge is 0.329 e. The summed E-state index contributed by atoms with van der Waals surface area (Å²) >= 11 is 0. The second-order valence-corrected chi connectivity index (χ2v) is 8.36. The number of halogens is 1. The smallest absolute Gasteiger partial charge is 0.247 e. The number of fused-ring (bicyclic) bond motifs is 1. The molecule has 5 nitrogen and oxygen atoms in total. The molecule has 0 saturated carbocycles. The Morgan fingerprint density at radius 1 is 1.07 bits per heavy atom. The number of carbonyl (C=O) groups excluding carboxylic acids is 2. The van der Waals surface area contributed by atoms with Crippen molar-refractivity contribution in [2.75, 3.05) is 11.9 Å². The second kappa shape index (κ2) is 9.63. The van der Waals surface area contributed by atoms with Crippen molar-refractivity contribution in [2.45, 2.75) is 57.7 Å². The molecule has 2 aromatic carbocycles. The molecule has 2 heterocycles. The molecule has 2 atom stereocenters. The van der Waals surface area contributed by atoms with Gasteiger partial charge in [-0.3, -0.25) is 9.59 Å². The molecular formula is C24H30ClN3O2. The van der Waals surface area contributed by atoms with Crippen molar-refractivity contribution in [1.82, 2.24) is 10.2 Å². The SMILES string of the molecule is CC(C)c1ccc(NC(=O)[C@@H]2CCCN2C(=O)[C@@H]2Cc3ccccc3CN2)cc1.Cl. The van der Waals surface area contributed by atoms with Gasteiger partial charge in [0.25, 0.3) is 0 Å². The van der Waals surface area contributed by atoms with Crippen LogP contribution in [0.25, 0.3) is 0 Å². The first-order chi connectivity index (χ1) is 14.0. The van der Waals surface area contributed by atoms with E-state index in [2.05, 4.69) is 36.6 Å². The third-order valence-electron chi connectivity index (χ3n) is 6.06. The number of carbonyl (C=O) groups is 2. The van der Waals surface area contributed by atoms with E-state index in [9.17, 15) is 9.59 Å². The zero-order chi connectivity index (χ0) is 20.4. The molecule has 6 heteroatoms. The fourth-order valence-corrected chi connectivity index (χ4v) is 4.31. The molecule has 2 aromatic rings. The van der Waals surface area contributed by atoms with Gasteiger partial charge in [-0.25, -0.2) is 0 Å². The van der Waals surface area contributed by atoms with Crippen LogP contribution in [0, 0.1) is 0 Å². The molecular weight excluding hydrogens is 398 g/mol. The minimum Gasteiger partial charge on any atom is -0.329 e. The zero-order valence-electron chi connectivity index (χ0n) is 17.6. The van der Waals surface area contributed by atoms with E-state index in [0.717, 1.165) is 12.1 Å². The number of hydrogen-bond acceptors (Lipinski definition) is 3. The van der Waals surface area contributed by atoms with E-state index in [1.807, 2.05) is 36.4 Å². The maximum Gasteiger partial charge on any atom is 0.247 e. The van der Waals surface area contributed by atoms with Crippen LogP contribution in [-0.4, -0.2) is 35.3 Å². The molecule has 2 N–H and O–H groups in total. The summed E-state index contributed by atoms with van der Waals surface area (Å²) in [5.74, 6) is 0.396. The highest BCUT2D eigenvalue weighted by Gasteiger charge is 2.38. The molecule has 0 unspecified atom stereocenters. The highest BCUT2D eigenvalue weighted by Crippen LogP contribution is 2.24. The fraction of sp³-hybridized carbons (Fsp3) is 0.417. The van der Waals surface area contributed by atoms with Gasteiger partial charge in [0.05, 0.1) is 6.04 Å². The van der Waals surface area contributed by atoms with Crippen molar-refractivity contribution in [3.8, 4) is 0 Å². The van der Waals surface area contributed by atoms with Gasteiger partial charge in [0.2, 0.25) is 11.8 Å². The van der Waals surface area contributed by atoms with Crippen LogP contribution >= 0.6 is 12.4 Å². The van der Waals surface area contributed by atoms with Crippen LogP contribution in [-0.2, 0) is 22.6 Å². The van der Waals surface area contributed by atoms with Gasteiger partial charge in [0.15, 0.2) is 0 Å². The summed E-state index contributed by atoms with van der Waals surface area (Å²) in [5.41, 5.74) is 4.49. The summed E-state index contributed by atoms with van der Waals surface area (Å²) < 4.78 is 0. The van der Waals surface area contributed by atoms with Crippen molar-refractivity contribution in [3.63, 3.8) is 0 Å². The van der Waals surface area contributed by atoms with Crippen LogP contribution in [0.5, 0.6) is 0 Å². The molecule has 1 fully saturated rings. The van der Waals surface area contributed by atoms with E-state index >= 15 is 0 Å². The van der Waals surface area contributed by atoms with Gasteiger partial charge < -0.3 is 15.5 Å². The Morgan fingerprint density at radius 3 is 2.47 bits per heavy atom. The zero-order valence-corrected chi connectivity index (χ0v) is 18.4. The quantitative estimate of drug-likeness (QED) is 0.778. The fourth-order valence-electron chi connectivity index (χ4n) is 4.31. The highest BCUT2D eigenvalue weighted by molar-refractivity contribution is 5.98. The number of likely N-dealkylation sites (tertiary alicyclic amines) is 1. The van der Waals surface area contributed by atoms with Crippen LogP contribution in [0.15, 0.2) is 48.5 Å². The Balaban J connectivity index is 0.00000256. The average molecular weight is 428 g/mol. The van der Waals surface area contributed by atoms with Crippen molar-refractivity contribution >= 4 is 29.9 Å². The summed E-state index contributed by atoms with van der Waals surface area (Å²) in [6, 6.07) is 15.5. The topological polar surface area (TPSA) is 61.4 Å². The predicted octanol–water partition coefficient (Wildman–Crippen LogP) is 3.88. The van der Waals surface area contributed by atoms with Crippen molar-refractivity contribution < 1.29 is 9.59 Å². The molecule has 2 aliphatic heterocycles. The Bertz CT molecular complexity index is 898. The van der Waals surface area contributed by atoms with E-state index in [1.165, 1.54) is 16.7 Å². The molecule has 2 amide bonds. The van der Waals surface area contributed by atoms with Crippen LogP contribution < -0.4 is 10.6 Å². The lowest BCUT2D eigenvalue weighted by Gasteiger charge is -2.31. The number of nitrogens with zero attached hydrogens (tertiary/aromatic N) is 1. The molecule has 0 radical (unpaired) electrons. The number of hydrogen-bond donors (Lipinski definition) is 2. The number of benzene rings is 2. The molecule has 30 heavy (non-hydrogen) atoms. The van der Waals surface area contributed by atoms with Crippen LogP contribution in [0.3, 0.4) is 0 Å². The maximum atomic E-state index is 13.2. The van der Waals surface area contributed by atoms with Gasteiger partial charge in [-0.1, -0.05) is 50.2 Å². The normalized spacial score (nSPS) is 20.4. The van der Waals surface area contributed by atoms with Gasteiger partial charge >= 0.3 is 0 Å². The molecule has 0 spiro atoms. The Kier molecular flexibility index (Phi) is 7.16. The van der Waals surface area contributed by atoms with E-state index in [4.69, 9.17) is 0 Å². The minimum absolute atomic E-state index is 0. The van der Waals surface area contributed by atoms with Crippen molar-refractivity contribution in [2.24, 2.45) is 0 Å². The number of amides is 2. The standard InChI is InChI=1S/C24H29N3O2.ClH/c1-16(2)17-9-11-20(12-10-17)26-23(28)22-8-5-13-27(22)24(29)21-14-18-6-3-4-7-19(18)15-25-21;/h3-4,6-7,9-12,16,21-22,25H,5,8,13-15H2,1-2H3,(H,26,28);1H/t21-,22-;/m0./s1. The first-order valence-electron chi connectivity index (χ1n) is 10.5. The summed E-state index contributed by atoms with van der Waals surface area (Å²) in [6.07, 6.45) is 2.25. The molecule has 160 valence electrons. The summed E-state index contributed by atoms with van der Waals surface area (Å²) in [7, 11) is 0. The predicted molar refractivity (Wildman–Crippen MR) is 122 cm³/mol. The van der Waals surface area contributed by atoms with Crippen LogP contribution in [0.4, 0.5) is 5.69 Å². The molecule has 4 rings (SSSR count). The molecule has 2 aliphatic rings. The number of nitrogens with one attached hydrogen (secondary N) is 2. The minimum atomic E-state index is -0.397. The molecule has 0 bridgehead atoms. The van der Waals surface area contributed by atoms with Gasteiger partial charge in [-0.05, 0) is 54.0 Å². The second-order valence-electron chi connectivity index (χ2n) is 8.36. The number of anilines is 1. The molecule has 1 saturated heterocycles. The van der Waals surface area contributed by atoms with E-state index in [1.54, 1.807) is 4.90 Å². The molecule has 0 aliphatic carbocycles. The van der Waals surface area contributed by atoms with E-state index < -0.39 is 6.04 Å². The number of rotatable bonds is 4. The van der Waals surface area contributed by atoms with Gasteiger partial charge in [0.1, 0.15) is 6.04 Å². The van der Waals surface area contributed by atoms with Crippen molar-refractivity contribution in [3.05, 3.63) is 65.2 Å². The summed E-state index contributed by atoms with van der Waals surface area (Å²) in [6.45, 7) is 5.63. The third-order valence-corrected chi connectivity index (χ3v) is 6.06. The van der Waals surface area contributed by atoms with Gasteiger partial charge in [0, 0.05) is 18.8 Å². The lowest BCUT2D eigenvalue weighted by atomic mass is 9.95.